The molecule has 0 aromatic heterocycles. The van der Waals surface area contributed by atoms with Crippen molar-refractivity contribution >= 4 is 35.0 Å². The van der Waals surface area contributed by atoms with Crippen molar-refractivity contribution in [3.8, 4) is 5.75 Å². The number of hydrogen-bond donors (Lipinski definition) is 1. The number of nitrogens with one attached hydrogen (secondary N) is 1. The molecule has 2 rings (SSSR count). The van der Waals surface area contributed by atoms with E-state index in [1.807, 2.05) is 50.2 Å². The number of carbonyl (C=O) groups excluding carboxylic acids is 1. The van der Waals surface area contributed by atoms with Gasteiger partial charge in [-0.1, -0.05) is 11.6 Å². The first-order valence-corrected chi connectivity index (χ1v) is 8.66. The Labute approximate surface area is 151 Å². The molecule has 6 heteroatoms. The molecule has 0 aliphatic rings. The lowest BCUT2D eigenvalue weighted by Gasteiger charge is -2.10. The summed E-state index contributed by atoms with van der Waals surface area (Å²) in [7, 11) is 1.62. The molecule has 0 heterocycles. The normalized spacial score (nSPS) is 12.6. The van der Waals surface area contributed by atoms with Gasteiger partial charge in [0.2, 0.25) is 0 Å². The molecular formula is C18H19ClN2O2S. The first-order valence-electron chi connectivity index (χ1n) is 7.40. The van der Waals surface area contributed by atoms with Crippen LogP contribution in [0.1, 0.15) is 19.4 Å². The molecule has 2 aromatic rings. The minimum absolute atomic E-state index is 0.150. The topological polar surface area (TPSA) is 50.7 Å². The van der Waals surface area contributed by atoms with Gasteiger partial charge >= 0.3 is 0 Å². The second kappa shape index (κ2) is 8.76. The van der Waals surface area contributed by atoms with E-state index in [-0.39, 0.29) is 11.2 Å². The van der Waals surface area contributed by atoms with Crippen LogP contribution in [0.3, 0.4) is 0 Å². The van der Waals surface area contributed by atoms with Crippen LogP contribution in [0.2, 0.25) is 5.02 Å². The molecule has 0 aliphatic carbocycles. The number of halogens is 1. The van der Waals surface area contributed by atoms with Gasteiger partial charge in [-0.05, 0) is 67.9 Å². The number of thioether (sulfide) groups is 1. The smallest absolute Gasteiger partial charge is 0.253 e. The Kier molecular flexibility index (Phi) is 6.70. The molecule has 4 nitrogen and oxygen atoms in total. The Bertz CT molecular complexity index is 715. The van der Waals surface area contributed by atoms with Crippen molar-refractivity contribution < 1.29 is 9.53 Å². The molecule has 0 radical (unpaired) electrons. The summed E-state index contributed by atoms with van der Waals surface area (Å²) in [5.74, 6) is 0.631. The molecule has 0 spiro atoms. The summed E-state index contributed by atoms with van der Waals surface area (Å²) in [5, 5.41) is 4.58. The van der Waals surface area contributed by atoms with Crippen LogP contribution in [0.25, 0.3) is 0 Å². The van der Waals surface area contributed by atoms with E-state index in [2.05, 4.69) is 10.5 Å². The monoisotopic (exact) mass is 362 g/mol. The zero-order valence-electron chi connectivity index (χ0n) is 13.7. The first-order chi connectivity index (χ1) is 11.5. The van der Waals surface area contributed by atoms with Gasteiger partial charge in [-0.2, -0.15) is 5.10 Å². The Hall–Kier alpha value is -1.98. The van der Waals surface area contributed by atoms with E-state index in [1.54, 1.807) is 19.2 Å². The molecule has 1 N–H and O–H groups in total. The summed E-state index contributed by atoms with van der Waals surface area (Å²) in [6, 6.07) is 14.9. The predicted octanol–water partition coefficient (Wildman–Crippen LogP) is 4.37. The van der Waals surface area contributed by atoms with E-state index < -0.39 is 0 Å². The van der Waals surface area contributed by atoms with Gasteiger partial charge in [0.05, 0.1) is 18.1 Å². The first kappa shape index (κ1) is 18.4. The number of nitrogens with zero attached hydrogens (tertiary/aromatic N) is 1. The fourth-order valence-electron chi connectivity index (χ4n) is 1.90. The quantitative estimate of drug-likeness (QED) is 0.471. The Morgan fingerprint density at radius 2 is 1.79 bits per heavy atom. The van der Waals surface area contributed by atoms with Gasteiger partial charge in [0.15, 0.2) is 0 Å². The van der Waals surface area contributed by atoms with Crippen LogP contribution in [0.15, 0.2) is 58.5 Å². The molecule has 1 atom stereocenters. The van der Waals surface area contributed by atoms with Crippen molar-refractivity contribution in [1.82, 2.24) is 5.43 Å². The number of hydrogen-bond acceptors (Lipinski definition) is 4. The van der Waals surface area contributed by atoms with Crippen LogP contribution >= 0.6 is 23.4 Å². The number of hydrazone groups is 1. The maximum atomic E-state index is 12.2. The summed E-state index contributed by atoms with van der Waals surface area (Å²) < 4.78 is 5.12. The third-order valence-electron chi connectivity index (χ3n) is 3.34. The van der Waals surface area contributed by atoms with Gasteiger partial charge < -0.3 is 4.74 Å². The Morgan fingerprint density at radius 3 is 2.38 bits per heavy atom. The van der Waals surface area contributed by atoms with Gasteiger partial charge in [-0.15, -0.1) is 11.8 Å². The van der Waals surface area contributed by atoms with Gasteiger partial charge in [0, 0.05) is 9.92 Å². The predicted molar refractivity (Wildman–Crippen MR) is 100 cm³/mol. The van der Waals surface area contributed by atoms with Crippen molar-refractivity contribution in [2.24, 2.45) is 5.10 Å². The largest absolute Gasteiger partial charge is 0.497 e. The second-order valence-electron chi connectivity index (χ2n) is 5.12. The number of rotatable bonds is 6. The maximum absolute atomic E-state index is 12.2. The minimum Gasteiger partial charge on any atom is -0.497 e. The molecule has 0 saturated heterocycles. The van der Waals surface area contributed by atoms with Gasteiger partial charge in [0.25, 0.3) is 5.91 Å². The zero-order chi connectivity index (χ0) is 17.5. The highest BCUT2D eigenvalue weighted by atomic mass is 35.5. The van der Waals surface area contributed by atoms with Crippen molar-refractivity contribution in [3.05, 3.63) is 59.1 Å². The highest BCUT2D eigenvalue weighted by Crippen LogP contribution is 2.24. The van der Waals surface area contributed by atoms with Crippen LogP contribution < -0.4 is 10.2 Å². The number of benzene rings is 2. The average molecular weight is 363 g/mol. The maximum Gasteiger partial charge on any atom is 0.253 e. The molecule has 2 aromatic carbocycles. The second-order valence-corrected chi connectivity index (χ2v) is 6.97. The average Bonchev–Trinajstić information content (AvgIpc) is 2.61. The molecule has 0 unspecified atom stereocenters. The third-order valence-corrected chi connectivity index (χ3v) is 4.70. The molecule has 24 heavy (non-hydrogen) atoms. The molecule has 1 amide bonds. The summed E-state index contributed by atoms with van der Waals surface area (Å²) in [5.41, 5.74) is 4.27. The highest BCUT2D eigenvalue weighted by molar-refractivity contribution is 8.00. The van der Waals surface area contributed by atoms with Gasteiger partial charge in [0.1, 0.15) is 5.75 Å². The molecule has 0 fully saturated rings. The number of methoxy groups -OCH3 is 1. The fraction of sp³-hybridized carbons (Fsp3) is 0.222. The molecular weight excluding hydrogens is 344 g/mol. The Balaban J connectivity index is 1.93. The van der Waals surface area contributed by atoms with Crippen LogP contribution in [-0.2, 0) is 4.79 Å². The van der Waals surface area contributed by atoms with Gasteiger partial charge in [-0.25, -0.2) is 5.43 Å². The van der Waals surface area contributed by atoms with Crippen molar-refractivity contribution in [2.75, 3.05) is 7.11 Å². The molecule has 126 valence electrons. The lowest BCUT2D eigenvalue weighted by molar-refractivity contribution is -0.120. The van der Waals surface area contributed by atoms with E-state index in [0.717, 1.165) is 21.9 Å². The minimum atomic E-state index is -0.265. The molecule has 0 saturated carbocycles. The number of amides is 1. The summed E-state index contributed by atoms with van der Waals surface area (Å²) >= 11 is 7.31. The third kappa shape index (κ3) is 5.28. The van der Waals surface area contributed by atoms with E-state index >= 15 is 0 Å². The SMILES string of the molecule is COc1ccc(/C(C)=N\NC(=O)[C@@H](C)Sc2ccc(Cl)cc2)cc1. The Morgan fingerprint density at radius 1 is 1.17 bits per heavy atom. The van der Waals surface area contributed by atoms with Crippen LogP contribution in [0.4, 0.5) is 0 Å². The highest BCUT2D eigenvalue weighted by Gasteiger charge is 2.14. The van der Waals surface area contributed by atoms with Crippen molar-refractivity contribution in [2.45, 2.75) is 24.0 Å². The standard InChI is InChI=1S/C18H19ClN2O2S/c1-12(14-4-8-16(23-3)9-5-14)20-21-18(22)13(2)24-17-10-6-15(19)7-11-17/h4-11,13H,1-3H3,(H,21,22)/b20-12-/t13-/m1/s1. The van der Waals surface area contributed by atoms with E-state index in [0.29, 0.717) is 5.02 Å². The lowest BCUT2D eigenvalue weighted by Crippen LogP contribution is -2.27. The zero-order valence-corrected chi connectivity index (χ0v) is 15.3. The van der Waals surface area contributed by atoms with Crippen LogP contribution in [-0.4, -0.2) is 24.0 Å². The van der Waals surface area contributed by atoms with E-state index in [4.69, 9.17) is 16.3 Å². The van der Waals surface area contributed by atoms with Crippen LogP contribution in [0.5, 0.6) is 5.75 Å². The number of ether oxygens (including phenoxy) is 1. The molecule has 0 aliphatic heterocycles. The van der Waals surface area contributed by atoms with Crippen molar-refractivity contribution in [1.29, 1.82) is 0 Å². The van der Waals surface area contributed by atoms with E-state index in [9.17, 15) is 4.79 Å². The molecule has 0 bridgehead atoms. The lowest BCUT2D eigenvalue weighted by atomic mass is 10.1. The van der Waals surface area contributed by atoms with Crippen molar-refractivity contribution in [3.63, 3.8) is 0 Å². The van der Waals surface area contributed by atoms with Gasteiger partial charge in [-0.3, -0.25) is 4.79 Å². The summed E-state index contributed by atoms with van der Waals surface area (Å²) in [4.78, 5) is 13.1. The fourth-order valence-corrected chi connectivity index (χ4v) is 2.88. The van der Waals surface area contributed by atoms with E-state index in [1.165, 1.54) is 11.8 Å². The summed E-state index contributed by atoms with van der Waals surface area (Å²) in [6.45, 7) is 3.69. The number of carbonyl (C=O) groups is 1. The summed E-state index contributed by atoms with van der Waals surface area (Å²) in [6.07, 6.45) is 0. The van der Waals surface area contributed by atoms with Crippen LogP contribution in [0, 0.1) is 0 Å².